The Morgan fingerprint density at radius 2 is 2.50 bits per heavy atom. The van der Waals surface area contributed by atoms with E-state index in [1.165, 1.54) is 12.8 Å². The van der Waals surface area contributed by atoms with Crippen molar-refractivity contribution in [3.63, 3.8) is 0 Å². The number of ether oxygens (including phenoxy) is 1. The molecule has 2 heterocycles. The van der Waals surface area contributed by atoms with E-state index in [0.29, 0.717) is 12.6 Å². The normalized spacial score (nSPS) is 20.6. The van der Waals surface area contributed by atoms with Gasteiger partial charge in [0.15, 0.2) is 0 Å². The molecule has 1 aliphatic heterocycles. The van der Waals surface area contributed by atoms with Gasteiger partial charge in [-0.1, -0.05) is 5.92 Å². The van der Waals surface area contributed by atoms with E-state index in [-0.39, 0.29) is 0 Å². The largest absolute Gasteiger partial charge is 0.490 e. The molecule has 0 bridgehead atoms. The molecule has 1 aliphatic rings. The van der Waals surface area contributed by atoms with Crippen molar-refractivity contribution in [1.29, 1.82) is 0 Å². The van der Waals surface area contributed by atoms with Gasteiger partial charge in [-0.15, -0.1) is 6.42 Å². The van der Waals surface area contributed by atoms with Crippen LogP contribution in [0.3, 0.4) is 0 Å². The number of aromatic nitrogens is 1. The first kappa shape index (κ1) is 11.0. The van der Waals surface area contributed by atoms with E-state index in [9.17, 15) is 0 Å². The summed E-state index contributed by atoms with van der Waals surface area (Å²) >= 11 is 0. The number of rotatable bonds is 3. The lowest BCUT2D eigenvalue weighted by molar-refractivity contribution is 0.198. The molecular weight excluding hydrogens is 200 g/mol. The highest BCUT2D eigenvalue weighted by atomic mass is 16.5. The van der Waals surface area contributed by atoms with Gasteiger partial charge >= 0.3 is 0 Å². The van der Waals surface area contributed by atoms with Gasteiger partial charge in [0.05, 0.1) is 6.20 Å². The van der Waals surface area contributed by atoms with Crippen LogP contribution in [0.25, 0.3) is 0 Å². The zero-order chi connectivity index (χ0) is 11.4. The van der Waals surface area contributed by atoms with E-state index in [1.807, 2.05) is 6.07 Å². The summed E-state index contributed by atoms with van der Waals surface area (Å²) in [5.74, 6) is 3.31. The topological polar surface area (TPSA) is 25.4 Å². The Balaban J connectivity index is 1.92. The fourth-order valence-electron chi connectivity index (χ4n) is 1.96. The molecular formula is C13H16N2O. The van der Waals surface area contributed by atoms with Crippen molar-refractivity contribution in [2.24, 2.45) is 0 Å². The van der Waals surface area contributed by atoms with Crippen LogP contribution in [-0.4, -0.2) is 36.1 Å². The molecule has 0 unspecified atom stereocenters. The van der Waals surface area contributed by atoms with Crippen molar-refractivity contribution in [2.45, 2.75) is 18.9 Å². The van der Waals surface area contributed by atoms with Gasteiger partial charge < -0.3 is 9.64 Å². The SMILES string of the molecule is C#Cc1cncc(OC[C@@H]2CCCN2C)c1. The summed E-state index contributed by atoms with van der Waals surface area (Å²) in [6, 6.07) is 2.37. The van der Waals surface area contributed by atoms with Crippen LogP contribution in [0, 0.1) is 12.3 Å². The predicted octanol–water partition coefficient (Wildman–Crippen LogP) is 1.54. The second-order valence-corrected chi connectivity index (χ2v) is 4.14. The van der Waals surface area contributed by atoms with Crippen molar-refractivity contribution >= 4 is 0 Å². The average Bonchev–Trinajstić information content (AvgIpc) is 2.72. The van der Waals surface area contributed by atoms with Crippen molar-refractivity contribution in [3.8, 4) is 18.1 Å². The van der Waals surface area contributed by atoms with Crippen LogP contribution in [0.2, 0.25) is 0 Å². The molecule has 3 nitrogen and oxygen atoms in total. The maximum Gasteiger partial charge on any atom is 0.138 e. The van der Waals surface area contributed by atoms with Crippen LogP contribution in [0.5, 0.6) is 5.75 Å². The first-order valence-electron chi connectivity index (χ1n) is 5.54. The number of terminal acetylenes is 1. The molecule has 0 aromatic carbocycles. The van der Waals surface area contributed by atoms with Crippen LogP contribution in [0.15, 0.2) is 18.5 Å². The standard InChI is InChI=1S/C13H16N2O/c1-3-11-7-13(9-14-8-11)16-10-12-5-4-6-15(12)2/h1,7-9,12H,4-6,10H2,2H3/t12-/m0/s1. The molecule has 0 spiro atoms. The van der Waals surface area contributed by atoms with Gasteiger partial charge in [-0.2, -0.15) is 0 Å². The van der Waals surface area contributed by atoms with Gasteiger partial charge in [0, 0.05) is 17.8 Å². The van der Waals surface area contributed by atoms with Crippen molar-refractivity contribution in [3.05, 3.63) is 24.0 Å². The number of likely N-dealkylation sites (tertiary alicyclic amines) is 1. The van der Waals surface area contributed by atoms with E-state index in [2.05, 4.69) is 22.9 Å². The monoisotopic (exact) mass is 216 g/mol. The molecule has 16 heavy (non-hydrogen) atoms. The fourth-order valence-corrected chi connectivity index (χ4v) is 1.96. The van der Waals surface area contributed by atoms with Gasteiger partial charge in [-0.05, 0) is 32.5 Å². The molecule has 0 amide bonds. The molecule has 84 valence electrons. The Bertz CT molecular complexity index is 397. The van der Waals surface area contributed by atoms with Crippen LogP contribution in [-0.2, 0) is 0 Å². The molecule has 1 aromatic rings. The lowest BCUT2D eigenvalue weighted by Crippen LogP contribution is -2.30. The van der Waals surface area contributed by atoms with E-state index in [1.54, 1.807) is 12.4 Å². The molecule has 1 aromatic heterocycles. The van der Waals surface area contributed by atoms with E-state index in [4.69, 9.17) is 11.2 Å². The smallest absolute Gasteiger partial charge is 0.138 e. The minimum atomic E-state index is 0.523. The van der Waals surface area contributed by atoms with Gasteiger partial charge in [-0.25, -0.2) is 0 Å². The summed E-state index contributed by atoms with van der Waals surface area (Å²) in [5, 5.41) is 0. The molecule has 3 heteroatoms. The van der Waals surface area contributed by atoms with Crippen LogP contribution < -0.4 is 4.74 Å². The lowest BCUT2D eigenvalue weighted by atomic mass is 10.2. The highest BCUT2D eigenvalue weighted by molar-refractivity contribution is 5.34. The maximum atomic E-state index is 5.70. The Morgan fingerprint density at radius 1 is 1.62 bits per heavy atom. The van der Waals surface area contributed by atoms with Crippen LogP contribution in [0.1, 0.15) is 18.4 Å². The molecule has 1 fully saturated rings. The predicted molar refractivity (Wildman–Crippen MR) is 63.3 cm³/mol. The molecule has 1 saturated heterocycles. The molecule has 0 aliphatic carbocycles. The zero-order valence-electron chi connectivity index (χ0n) is 9.52. The summed E-state index contributed by atoms with van der Waals surface area (Å²) in [4.78, 5) is 6.37. The number of nitrogens with zero attached hydrogens (tertiary/aromatic N) is 2. The highest BCUT2D eigenvalue weighted by Gasteiger charge is 2.21. The van der Waals surface area contributed by atoms with Gasteiger partial charge in [0.2, 0.25) is 0 Å². The molecule has 2 rings (SSSR count). The van der Waals surface area contributed by atoms with Gasteiger partial charge in [0.1, 0.15) is 12.4 Å². The number of hydrogen-bond acceptors (Lipinski definition) is 3. The Kier molecular flexibility index (Phi) is 3.43. The highest BCUT2D eigenvalue weighted by Crippen LogP contribution is 2.17. The minimum Gasteiger partial charge on any atom is -0.490 e. The second kappa shape index (κ2) is 5.00. The lowest BCUT2D eigenvalue weighted by Gasteiger charge is -2.19. The Labute approximate surface area is 96.4 Å². The fraction of sp³-hybridized carbons (Fsp3) is 0.462. The molecule has 0 N–H and O–H groups in total. The summed E-state index contributed by atoms with van der Waals surface area (Å²) in [6.07, 6.45) is 11.1. The minimum absolute atomic E-state index is 0.523. The number of hydrogen-bond donors (Lipinski definition) is 0. The third-order valence-electron chi connectivity index (χ3n) is 2.99. The van der Waals surface area contributed by atoms with Crippen LogP contribution in [0.4, 0.5) is 0 Å². The molecule has 0 saturated carbocycles. The first-order valence-corrected chi connectivity index (χ1v) is 5.54. The van der Waals surface area contributed by atoms with Crippen molar-refractivity contribution in [2.75, 3.05) is 20.2 Å². The van der Waals surface area contributed by atoms with Crippen LogP contribution >= 0.6 is 0 Å². The third-order valence-corrected chi connectivity index (χ3v) is 2.99. The van der Waals surface area contributed by atoms with Crippen molar-refractivity contribution < 1.29 is 4.74 Å². The average molecular weight is 216 g/mol. The summed E-state index contributed by atoms with van der Waals surface area (Å²) in [6.45, 7) is 1.88. The van der Waals surface area contributed by atoms with Gasteiger partial charge in [-0.3, -0.25) is 4.98 Å². The number of likely N-dealkylation sites (N-methyl/N-ethyl adjacent to an activating group) is 1. The first-order chi connectivity index (χ1) is 7.79. The summed E-state index contributed by atoms with van der Waals surface area (Å²) < 4.78 is 5.70. The van der Waals surface area contributed by atoms with E-state index >= 15 is 0 Å². The van der Waals surface area contributed by atoms with E-state index < -0.39 is 0 Å². The van der Waals surface area contributed by atoms with Crippen molar-refractivity contribution in [1.82, 2.24) is 9.88 Å². The Hall–Kier alpha value is -1.53. The molecule has 1 atom stereocenters. The second-order valence-electron chi connectivity index (χ2n) is 4.14. The number of pyridine rings is 1. The Morgan fingerprint density at radius 3 is 3.19 bits per heavy atom. The summed E-state index contributed by atoms with van der Waals surface area (Å²) in [5.41, 5.74) is 0.761. The van der Waals surface area contributed by atoms with E-state index in [0.717, 1.165) is 17.9 Å². The maximum absolute atomic E-state index is 5.70. The molecule has 0 radical (unpaired) electrons. The zero-order valence-corrected chi connectivity index (χ0v) is 9.52. The quantitative estimate of drug-likeness (QED) is 0.717. The third kappa shape index (κ3) is 2.53. The van der Waals surface area contributed by atoms with Gasteiger partial charge in [0.25, 0.3) is 0 Å². The summed E-state index contributed by atoms with van der Waals surface area (Å²) in [7, 11) is 2.14.